The number of benzene rings is 1. The van der Waals surface area contributed by atoms with Gasteiger partial charge in [0.2, 0.25) is 9.84 Å². The first-order valence-corrected chi connectivity index (χ1v) is 8.03. The molecule has 0 bridgehead atoms. The van der Waals surface area contributed by atoms with Crippen LogP contribution < -0.4 is 10.1 Å². The van der Waals surface area contributed by atoms with Gasteiger partial charge in [0.05, 0.1) is 0 Å². The molecule has 1 saturated heterocycles. The van der Waals surface area contributed by atoms with Crippen LogP contribution >= 0.6 is 0 Å². The van der Waals surface area contributed by atoms with Crippen LogP contribution in [0.4, 0.5) is 8.78 Å². The number of alkyl halides is 2. The highest BCUT2D eigenvalue weighted by Crippen LogP contribution is 2.28. The van der Waals surface area contributed by atoms with E-state index in [0.29, 0.717) is 0 Å². The third-order valence-electron chi connectivity index (χ3n) is 3.24. The molecule has 1 heterocycles. The van der Waals surface area contributed by atoms with Crippen molar-refractivity contribution in [2.24, 2.45) is 0 Å². The van der Waals surface area contributed by atoms with E-state index in [9.17, 15) is 17.2 Å². The summed E-state index contributed by atoms with van der Waals surface area (Å²) in [5.74, 6) is -3.46. The lowest BCUT2D eigenvalue weighted by atomic mass is 10.1. The highest BCUT2D eigenvalue weighted by molar-refractivity contribution is 7.91. The molecule has 0 spiro atoms. The Labute approximate surface area is 117 Å². The molecule has 20 heavy (non-hydrogen) atoms. The van der Waals surface area contributed by atoms with Crippen LogP contribution in [0.25, 0.3) is 0 Å². The molecule has 7 heteroatoms. The maximum Gasteiger partial charge on any atom is 0.341 e. The summed E-state index contributed by atoms with van der Waals surface area (Å²) >= 11 is 0. The molecule has 0 aromatic heterocycles. The predicted molar refractivity (Wildman–Crippen MR) is 70.8 cm³/mol. The van der Waals surface area contributed by atoms with Crippen molar-refractivity contribution in [1.29, 1.82) is 0 Å². The van der Waals surface area contributed by atoms with Gasteiger partial charge in [0.1, 0.15) is 17.3 Å². The Morgan fingerprint density at radius 1 is 1.30 bits per heavy atom. The monoisotopic (exact) mass is 305 g/mol. The van der Waals surface area contributed by atoms with Gasteiger partial charge in [0.25, 0.3) is 0 Å². The molecule has 0 saturated carbocycles. The van der Waals surface area contributed by atoms with Gasteiger partial charge in [-0.25, -0.2) is 8.42 Å². The molecule has 1 atom stereocenters. The van der Waals surface area contributed by atoms with Crippen molar-refractivity contribution in [1.82, 2.24) is 5.32 Å². The summed E-state index contributed by atoms with van der Waals surface area (Å²) < 4.78 is 53.8. The molecule has 112 valence electrons. The minimum Gasteiger partial charge on any atom is -0.491 e. The number of piperidine rings is 1. The second kappa shape index (κ2) is 6.49. The van der Waals surface area contributed by atoms with E-state index in [-0.39, 0.29) is 18.4 Å². The first kappa shape index (κ1) is 15.2. The molecule has 1 N–H and O–H groups in total. The Morgan fingerprint density at radius 3 is 2.70 bits per heavy atom. The summed E-state index contributed by atoms with van der Waals surface area (Å²) in [5, 5.41) is 3.25. The SMILES string of the molecule is O=S(=O)(c1ccccc1OCC1CCCCN1)C(F)F. The highest BCUT2D eigenvalue weighted by atomic mass is 32.2. The smallest absolute Gasteiger partial charge is 0.341 e. The van der Waals surface area contributed by atoms with Crippen LogP contribution in [0.15, 0.2) is 29.2 Å². The van der Waals surface area contributed by atoms with Crippen LogP contribution in [0, 0.1) is 0 Å². The van der Waals surface area contributed by atoms with Crippen LogP contribution in [-0.4, -0.2) is 33.4 Å². The van der Waals surface area contributed by atoms with Gasteiger partial charge in [-0.2, -0.15) is 8.78 Å². The summed E-state index contributed by atoms with van der Waals surface area (Å²) in [6.45, 7) is 1.17. The quantitative estimate of drug-likeness (QED) is 0.906. The van der Waals surface area contributed by atoms with Crippen molar-refractivity contribution in [3.05, 3.63) is 24.3 Å². The van der Waals surface area contributed by atoms with Gasteiger partial charge in [-0.05, 0) is 31.5 Å². The fourth-order valence-electron chi connectivity index (χ4n) is 2.16. The standard InChI is InChI=1S/C13H17F2NO3S/c14-13(15)20(17,18)12-7-2-1-6-11(12)19-9-10-5-3-4-8-16-10/h1-2,6-7,10,13,16H,3-5,8-9H2. The molecule has 0 aliphatic carbocycles. The van der Waals surface area contributed by atoms with Gasteiger partial charge < -0.3 is 10.1 Å². The van der Waals surface area contributed by atoms with E-state index in [0.717, 1.165) is 31.9 Å². The molecular weight excluding hydrogens is 288 g/mol. The van der Waals surface area contributed by atoms with Gasteiger partial charge in [-0.3, -0.25) is 0 Å². The molecule has 1 aliphatic rings. The normalized spacial score (nSPS) is 20.1. The number of halogens is 2. The van der Waals surface area contributed by atoms with E-state index in [1.54, 1.807) is 6.07 Å². The lowest BCUT2D eigenvalue weighted by Crippen LogP contribution is -2.38. The van der Waals surface area contributed by atoms with Crippen molar-refractivity contribution >= 4 is 9.84 Å². The van der Waals surface area contributed by atoms with Gasteiger partial charge >= 0.3 is 5.76 Å². The lowest BCUT2D eigenvalue weighted by Gasteiger charge is -2.24. The minimum atomic E-state index is -4.64. The first-order chi connectivity index (χ1) is 9.51. The zero-order valence-electron chi connectivity index (χ0n) is 10.9. The molecule has 4 nitrogen and oxygen atoms in total. The van der Waals surface area contributed by atoms with Crippen LogP contribution in [0.3, 0.4) is 0 Å². The Balaban J connectivity index is 2.12. The maximum atomic E-state index is 12.6. The molecule has 1 aromatic rings. The third kappa shape index (κ3) is 3.46. The largest absolute Gasteiger partial charge is 0.491 e. The lowest BCUT2D eigenvalue weighted by molar-refractivity contribution is 0.226. The van der Waals surface area contributed by atoms with Gasteiger partial charge in [0.15, 0.2) is 0 Å². The van der Waals surface area contributed by atoms with Crippen LogP contribution in [0.2, 0.25) is 0 Å². The average Bonchev–Trinajstić information content (AvgIpc) is 2.46. The van der Waals surface area contributed by atoms with E-state index >= 15 is 0 Å². The van der Waals surface area contributed by atoms with Crippen molar-refractivity contribution in [2.75, 3.05) is 13.2 Å². The molecule has 2 rings (SSSR count). The van der Waals surface area contributed by atoms with Gasteiger partial charge in [-0.1, -0.05) is 18.6 Å². The summed E-state index contributed by atoms with van der Waals surface area (Å²) in [6.07, 6.45) is 3.12. The number of sulfone groups is 1. The van der Waals surface area contributed by atoms with E-state index in [4.69, 9.17) is 4.74 Å². The second-order valence-corrected chi connectivity index (χ2v) is 6.60. The van der Waals surface area contributed by atoms with Gasteiger partial charge in [-0.15, -0.1) is 0 Å². The molecule has 1 aromatic carbocycles. The number of rotatable bonds is 5. The number of hydrogen-bond acceptors (Lipinski definition) is 4. The first-order valence-electron chi connectivity index (χ1n) is 6.49. The Morgan fingerprint density at radius 2 is 2.05 bits per heavy atom. The molecule has 1 unspecified atom stereocenters. The van der Waals surface area contributed by atoms with Crippen LogP contribution in [0.1, 0.15) is 19.3 Å². The Kier molecular flexibility index (Phi) is 4.93. The molecule has 1 fully saturated rings. The topological polar surface area (TPSA) is 55.4 Å². The van der Waals surface area contributed by atoms with Crippen molar-refractivity contribution < 1.29 is 21.9 Å². The predicted octanol–water partition coefficient (Wildman–Crippen LogP) is 2.20. The number of hydrogen-bond donors (Lipinski definition) is 1. The maximum absolute atomic E-state index is 12.6. The summed E-state index contributed by atoms with van der Waals surface area (Å²) in [6, 6.07) is 5.64. The molecular formula is C13H17F2NO3S. The zero-order chi connectivity index (χ0) is 14.6. The fourth-order valence-corrected chi connectivity index (χ4v) is 3.02. The number of ether oxygens (including phenoxy) is 1. The fraction of sp³-hybridized carbons (Fsp3) is 0.538. The Bertz CT molecular complexity index is 542. The van der Waals surface area contributed by atoms with E-state index in [1.807, 2.05) is 0 Å². The van der Waals surface area contributed by atoms with Crippen LogP contribution in [-0.2, 0) is 9.84 Å². The van der Waals surface area contributed by atoms with E-state index < -0.39 is 20.5 Å². The van der Waals surface area contributed by atoms with E-state index in [2.05, 4.69) is 5.32 Å². The minimum absolute atomic E-state index is 0.0137. The second-order valence-electron chi connectivity index (χ2n) is 4.71. The summed E-state index contributed by atoms with van der Waals surface area (Å²) in [4.78, 5) is -0.453. The summed E-state index contributed by atoms with van der Waals surface area (Å²) in [5.41, 5.74) is 0. The highest BCUT2D eigenvalue weighted by Gasteiger charge is 2.30. The molecule has 1 aliphatic heterocycles. The van der Waals surface area contributed by atoms with E-state index in [1.165, 1.54) is 12.1 Å². The third-order valence-corrected chi connectivity index (χ3v) is 4.66. The molecule has 0 amide bonds. The van der Waals surface area contributed by atoms with Crippen molar-refractivity contribution in [3.8, 4) is 5.75 Å². The van der Waals surface area contributed by atoms with Crippen LogP contribution in [0.5, 0.6) is 5.75 Å². The average molecular weight is 305 g/mol. The van der Waals surface area contributed by atoms with Crippen molar-refractivity contribution in [2.45, 2.75) is 36.0 Å². The zero-order valence-corrected chi connectivity index (χ0v) is 11.7. The summed E-state index contributed by atoms with van der Waals surface area (Å²) in [7, 11) is -4.64. The van der Waals surface area contributed by atoms with Crippen molar-refractivity contribution in [3.63, 3.8) is 0 Å². The molecule has 0 radical (unpaired) electrons. The van der Waals surface area contributed by atoms with Gasteiger partial charge in [0, 0.05) is 6.04 Å². The number of nitrogens with one attached hydrogen (secondary N) is 1. The Hall–Kier alpha value is -1.21. The number of para-hydroxylation sites is 1.